The molecule has 0 aromatic rings. The zero-order chi connectivity index (χ0) is 12.9. The van der Waals surface area contributed by atoms with Gasteiger partial charge in [-0.25, -0.2) is 0 Å². The van der Waals surface area contributed by atoms with Crippen molar-refractivity contribution in [1.82, 2.24) is 0 Å². The van der Waals surface area contributed by atoms with Gasteiger partial charge in [-0.05, 0) is 18.8 Å². The first kappa shape index (κ1) is 17.0. The lowest BCUT2D eigenvalue weighted by Crippen LogP contribution is -2.27. The Morgan fingerprint density at radius 1 is 0.706 bits per heavy atom. The fourth-order valence-electron chi connectivity index (χ4n) is 2.47. The molecule has 2 atom stereocenters. The van der Waals surface area contributed by atoms with Gasteiger partial charge in [-0.2, -0.15) is 0 Å². The molecule has 1 heteroatoms. The number of hydrogen-bond acceptors (Lipinski definition) is 1. The Morgan fingerprint density at radius 2 is 1.24 bits per heavy atom. The zero-order valence-electron chi connectivity index (χ0n) is 12.5. The van der Waals surface area contributed by atoms with E-state index in [1.165, 1.54) is 70.6 Å². The van der Waals surface area contributed by atoms with Crippen molar-refractivity contribution in [2.75, 3.05) is 0 Å². The van der Waals surface area contributed by atoms with Crippen LogP contribution in [-0.4, -0.2) is 6.04 Å². The van der Waals surface area contributed by atoms with Gasteiger partial charge in [0.25, 0.3) is 0 Å². The first-order valence-corrected chi connectivity index (χ1v) is 7.97. The van der Waals surface area contributed by atoms with Crippen LogP contribution in [0.15, 0.2) is 0 Å². The predicted octanol–water partition coefficient (Wildman–Crippen LogP) is 5.28. The van der Waals surface area contributed by atoms with Crippen LogP contribution in [-0.2, 0) is 0 Å². The van der Waals surface area contributed by atoms with E-state index in [2.05, 4.69) is 20.8 Å². The standard InChI is InChI=1S/C16H35N/c1-4-6-7-8-9-10-11-12-14-16(17)15(3)13-5-2/h15-16H,4-14,17H2,1-3H3. The monoisotopic (exact) mass is 241 g/mol. The Labute approximate surface area is 110 Å². The third-order valence-electron chi connectivity index (χ3n) is 3.87. The molecule has 1 nitrogen and oxygen atoms in total. The third-order valence-corrected chi connectivity index (χ3v) is 3.87. The van der Waals surface area contributed by atoms with E-state index in [1.807, 2.05) is 0 Å². The maximum atomic E-state index is 6.18. The van der Waals surface area contributed by atoms with Gasteiger partial charge in [-0.15, -0.1) is 0 Å². The van der Waals surface area contributed by atoms with E-state index in [-0.39, 0.29) is 0 Å². The van der Waals surface area contributed by atoms with Crippen molar-refractivity contribution in [3.8, 4) is 0 Å². The van der Waals surface area contributed by atoms with E-state index in [9.17, 15) is 0 Å². The van der Waals surface area contributed by atoms with Crippen molar-refractivity contribution in [1.29, 1.82) is 0 Å². The van der Waals surface area contributed by atoms with E-state index < -0.39 is 0 Å². The molecule has 0 aliphatic carbocycles. The topological polar surface area (TPSA) is 26.0 Å². The minimum Gasteiger partial charge on any atom is -0.327 e. The maximum Gasteiger partial charge on any atom is 0.00645 e. The van der Waals surface area contributed by atoms with Crippen molar-refractivity contribution in [3.63, 3.8) is 0 Å². The molecule has 0 aliphatic heterocycles. The van der Waals surface area contributed by atoms with Crippen LogP contribution in [0.4, 0.5) is 0 Å². The lowest BCUT2D eigenvalue weighted by atomic mass is 9.93. The first-order valence-electron chi connectivity index (χ1n) is 7.97. The Kier molecular flexibility index (Phi) is 12.4. The molecule has 17 heavy (non-hydrogen) atoms. The summed E-state index contributed by atoms with van der Waals surface area (Å²) in [6.07, 6.45) is 15.0. The van der Waals surface area contributed by atoms with Crippen LogP contribution in [0.3, 0.4) is 0 Å². The van der Waals surface area contributed by atoms with E-state index in [0.717, 1.165) is 0 Å². The molecular formula is C16H35N. The molecule has 0 fully saturated rings. The van der Waals surface area contributed by atoms with Crippen molar-refractivity contribution >= 4 is 0 Å². The summed E-state index contributed by atoms with van der Waals surface area (Å²) in [5.74, 6) is 0.713. The van der Waals surface area contributed by atoms with Crippen molar-refractivity contribution in [2.24, 2.45) is 11.7 Å². The van der Waals surface area contributed by atoms with Gasteiger partial charge in [-0.3, -0.25) is 0 Å². The molecule has 0 amide bonds. The highest BCUT2D eigenvalue weighted by atomic mass is 14.6. The zero-order valence-corrected chi connectivity index (χ0v) is 12.5. The van der Waals surface area contributed by atoms with Crippen LogP contribution in [0.2, 0.25) is 0 Å². The van der Waals surface area contributed by atoms with Crippen LogP contribution in [0.5, 0.6) is 0 Å². The molecule has 0 bridgehead atoms. The average Bonchev–Trinajstić information content (AvgIpc) is 2.32. The van der Waals surface area contributed by atoms with Gasteiger partial charge in [0.1, 0.15) is 0 Å². The summed E-state index contributed by atoms with van der Waals surface area (Å²) in [5, 5.41) is 0. The predicted molar refractivity (Wildman–Crippen MR) is 79.3 cm³/mol. The lowest BCUT2D eigenvalue weighted by Gasteiger charge is -2.18. The van der Waals surface area contributed by atoms with Crippen LogP contribution >= 0.6 is 0 Å². The molecule has 0 spiro atoms. The summed E-state index contributed by atoms with van der Waals surface area (Å²) in [6, 6.07) is 0.440. The molecule has 0 heterocycles. The van der Waals surface area contributed by atoms with Gasteiger partial charge in [-0.1, -0.05) is 78.6 Å². The van der Waals surface area contributed by atoms with Gasteiger partial charge >= 0.3 is 0 Å². The quantitative estimate of drug-likeness (QED) is 0.462. The Morgan fingerprint density at radius 3 is 1.76 bits per heavy atom. The van der Waals surface area contributed by atoms with E-state index >= 15 is 0 Å². The second-order valence-electron chi connectivity index (χ2n) is 5.69. The summed E-state index contributed by atoms with van der Waals surface area (Å²) in [6.45, 7) is 6.83. The molecule has 2 N–H and O–H groups in total. The molecule has 0 radical (unpaired) electrons. The molecule has 0 aliphatic rings. The highest BCUT2D eigenvalue weighted by molar-refractivity contribution is 4.68. The lowest BCUT2D eigenvalue weighted by molar-refractivity contribution is 0.388. The van der Waals surface area contributed by atoms with Crippen LogP contribution in [0.25, 0.3) is 0 Å². The van der Waals surface area contributed by atoms with E-state index in [1.54, 1.807) is 0 Å². The second-order valence-corrected chi connectivity index (χ2v) is 5.69. The molecule has 0 saturated carbocycles. The van der Waals surface area contributed by atoms with Gasteiger partial charge in [0.05, 0.1) is 0 Å². The van der Waals surface area contributed by atoms with Gasteiger partial charge in [0.2, 0.25) is 0 Å². The van der Waals surface area contributed by atoms with Crippen LogP contribution in [0.1, 0.15) is 91.4 Å². The maximum absolute atomic E-state index is 6.18. The highest BCUT2D eigenvalue weighted by Crippen LogP contribution is 2.15. The largest absolute Gasteiger partial charge is 0.327 e. The Hall–Kier alpha value is -0.0400. The normalized spacial score (nSPS) is 14.8. The van der Waals surface area contributed by atoms with Gasteiger partial charge < -0.3 is 5.73 Å². The molecule has 0 saturated heterocycles. The molecule has 0 aromatic carbocycles. The highest BCUT2D eigenvalue weighted by Gasteiger charge is 2.10. The van der Waals surface area contributed by atoms with Crippen LogP contribution in [0, 0.1) is 5.92 Å². The number of rotatable bonds is 12. The van der Waals surface area contributed by atoms with Crippen molar-refractivity contribution in [3.05, 3.63) is 0 Å². The summed E-state index contributed by atoms with van der Waals surface area (Å²) >= 11 is 0. The van der Waals surface area contributed by atoms with Crippen molar-refractivity contribution < 1.29 is 0 Å². The Bertz CT molecular complexity index is 144. The first-order chi connectivity index (χ1) is 8.22. The van der Waals surface area contributed by atoms with E-state index in [0.29, 0.717) is 12.0 Å². The summed E-state index contributed by atoms with van der Waals surface area (Å²) in [4.78, 5) is 0. The minimum absolute atomic E-state index is 0.440. The summed E-state index contributed by atoms with van der Waals surface area (Å²) in [7, 11) is 0. The molecule has 104 valence electrons. The average molecular weight is 241 g/mol. The summed E-state index contributed by atoms with van der Waals surface area (Å²) in [5.41, 5.74) is 6.18. The SMILES string of the molecule is CCCCCCCCCCC(N)C(C)CCC. The van der Waals surface area contributed by atoms with Crippen molar-refractivity contribution in [2.45, 2.75) is 97.4 Å². The van der Waals surface area contributed by atoms with E-state index in [4.69, 9.17) is 5.73 Å². The fraction of sp³-hybridized carbons (Fsp3) is 1.00. The molecule has 0 aromatic heterocycles. The van der Waals surface area contributed by atoms with Gasteiger partial charge in [0, 0.05) is 6.04 Å². The molecule has 0 rings (SSSR count). The summed E-state index contributed by atoms with van der Waals surface area (Å²) < 4.78 is 0. The Balaban J connectivity index is 3.21. The minimum atomic E-state index is 0.440. The van der Waals surface area contributed by atoms with Gasteiger partial charge in [0.15, 0.2) is 0 Å². The number of hydrogen-bond donors (Lipinski definition) is 1. The fourth-order valence-corrected chi connectivity index (χ4v) is 2.47. The second kappa shape index (κ2) is 12.4. The molecular weight excluding hydrogens is 206 g/mol. The molecule has 2 unspecified atom stereocenters. The third kappa shape index (κ3) is 10.8. The smallest absolute Gasteiger partial charge is 0.00645 e. The number of unbranched alkanes of at least 4 members (excludes halogenated alkanes) is 7. The number of nitrogens with two attached hydrogens (primary N) is 1. The van der Waals surface area contributed by atoms with Crippen LogP contribution < -0.4 is 5.73 Å².